The number of nitrogens with one attached hydrogen (secondary N) is 1. The Bertz CT molecular complexity index is 360. The smallest absolute Gasteiger partial charge is 0.126 e. The predicted molar refractivity (Wildman–Crippen MR) is 73.8 cm³/mol. The first-order valence-electron chi connectivity index (χ1n) is 5.54. The highest BCUT2D eigenvalue weighted by molar-refractivity contribution is 7.99. The van der Waals surface area contributed by atoms with Gasteiger partial charge in [0.1, 0.15) is 5.82 Å². The van der Waals surface area contributed by atoms with Crippen molar-refractivity contribution in [2.45, 2.75) is 31.6 Å². The van der Waals surface area contributed by atoms with Crippen LogP contribution in [0.15, 0.2) is 18.2 Å². The van der Waals surface area contributed by atoms with Gasteiger partial charge in [0.25, 0.3) is 0 Å². The molecule has 0 heterocycles. The van der Waals surface area contributed by atoms with Gasteiger partial charge in [0.05, 0.1) is 0 Å². The van der Waals surface area contributed by atoms with Crippen LogP contribution in [0, 0.1) is 5.82 Å². The van der Waals surface area contributed by atoms with Crippen LogP contribution in [-0.2, 0) is 6.42 Å². The van der Waals surface area contributed by atoms with E-state index in [1.807, 2.05) is 0 Å². The number of benzene rings is 1. The molecule has 0 aliphatic carbocycles. The molecule has 17 heavy (non-hydrogen) atoms. The van der Waals surface area contributed by atoms with Crippen molar-refractivity contribution in [2.24, 2.45) is 5.84 Å². The Morgan fingerprint density at radius 2 is 2.18 bits per heavy atom. The van der Waals surface area contributed by atoms with Crippen LogP contribution in [0.25, 0.3) is 0 Å². The maximum absolute atomic E-state index is 13.5. The Balaban J connectivity index is 2.63. The largest absolute Gasteiger partial charge is 0.271 e. The van der Waals surface area contributed by atoms with Gasteiger partial charge in [0.2, 0.25) is 0 Å². The second-order valence-corrected chi connectivity index (χ2v) is 6.23. The van der Waals surface area contributed by atoms with E-state index in [2.05, 4.69) is 19.3 Å². The zero-order valence-electron chi connectivity index (χ0n) is 10.0. The van der Waals surface area contributed by atoms with Crippen LogP contribution in [-0.4, -0.2) is 17.0 Å². The Kier molecular flexibility index (Phi) is 6.27. The normalized spacial score (nSPS) is 13.1. The summed E-state index contributed by atoms with van der Waals surface area (Å²) in [4.78, 5) is 0. The Labute approximate surface area is 111 Å². The summed E-state index contributed by atoms with van der Waals surface area (Å²) >= 11 is 7.64. The number of nitrogens with two attached hydrogens (primary N) is 1. The summed E-state index contributed by atoms with van der Waals surface area (Å²) in [6.07, 6.45) is 0.544. The standard InChI is InChI=1S/C12H18ClFN2S/c1-8(2)17-7-11(16-15)6-9-5-10(13)3-4-12(9)14/h3-5,8,11,16H,6-7,15H2,1-2H3. The van der Waals surface area contributed by atoms with Gasteiger partial charge in [0, 0.05) is 16.8 Å². The molecule has 0 radical (unpaired) electrons. The Morgan fingerprint density at radius 1 is 1.47 bits per heavy atom. The van der Waals surface area contributed by atoms with E-state index < -0.39 is 0 Å². The lowest BCUT2D eigenvalue weighted by Gasteiger charge is -2.17. The van der Waals surface area contributed by atoms with E-state index in [0.717, 1.165) is 5.75 Å². The van der Waals surface area contributed by atoms with Gasteiger partial charge in [-0.25, -0.2) is 4.39 Å². The molecule has 2 nitrogen and oxygen atoms in total. The van der Waals surface area contributed by atoms with Crippen molar-refractivity contribution >= 4 is 23.4 Å². The maximum Gasteiger partial charge on any atom is 0.126 e. The zero-order valence-corrected chi connectivity index (χ0v) is 11.6. The van der Waals surface area contributed by atoms with Gasteiger partial charge >= 0.3 is 0 Å². The van der Waals surface area contributed by atoms with Crippen LogP contribution in [0.5, 0.6) is 0 Å². The molecule has 1 atom stereocenters. The molecule has 5 heteroatoms. The van der Waals surface area contributed by atoms with Crippen molar-refractivity contribution in [3.63, 3.8) is 0 Å². The third kappa shape index (κ3) is 5.25. The third-order valence-electron chi connectivity index (χ3n) is 2.34. The summed E-state index contributed by atoms with van der Waals surface area (Å²) in [6, 6.07) is 4.64. The molecule has 0 saturated heterocycles. The second-order valence-electron chi connectivity index (χ2n) is 4.19. The molecule has 0 spiro atoms. The molecule has 0 bridgehead atoms. The van der Waals surface area contributed by atoms with Gasteiger partial charge in [-0.1, -0.05) is 25.4 Å². The van der Waals surface area contributed by atoms with E-state index in [-0.39, 0.29) is 11.9 Å². The summed E-state index contributed by atoms with van der Waals surface area (Å²) in [5, 5.41) is 1.09. The summed E-state index contributed by atoms with van der Waals surface area (Å²) in [6.45, 7) is 4.25. The van der Waals surface area contributed by atoms with Crippen LogP contribution in [0.1, 0.15) is 19.4 Å². The number of hydrazine groups is 1. The van der Waals surface area contributed by atoms with E-state index in [4.69, 9.17) is 17.4 Å². The summed E-state index contributed by atoms with van der Waals surface area (Å²) in [5.41, 5.74) is 3.32. The van der Waals surface area contributed by atoms with E-state index in [1.165, 1.54) is 6.07 Å². The first kappa shape index (κ1) is 14.8. The fraction of sp³-hybridized carbons (Fsp3) is 0.500. The molecule has 0 saturated carbocycles. The summed E-state index contributed by atoms with van der Waals surface area (Å²) in [5.74, 6) is 6.09. The quantitative estimate of drug-likeness (QED) is 0.620. The van der Waals surface area contributed by atoms with Crippen molar-refractivity contribution in [1.29, 1.82) is 0 Å². The third-order valence-corrected chi connectivity index (χ3v) is 3.84. The highest BCUT2D eigenvalue weighted by Gasteiger charge is 2.12. The molecule has 0 aromatic heterocycles. The summed E-state index contributed by atoms with van der Waals surface area (Å²) < 4.78 is 13.5. The number of hydrogen-bond acceptors (Lipinski definition) is 3. The van der Waals surface area contributed by atoms with Gasteiger partial charge in [0.15, 0.2) is 0 Å². The molecule has 0 aliphatic heterocycles. The molecule has 3 N–H and O–H groups in total. The van der Waals surface area contributed by atoms with Gasteiger partial charge < -0.3 is 0 Å². The number of thioether (sulfide) groups is 1. The van der Waals surface area contributed by atoms with Crippen LogP contribution in [0.2, 0.25) is 5.02 Å². The molecule has 0 aliphatic rings. The topological polar surface area (TPSA) is 38.0 Å². The molecular formula is C12H18ClFN2S. The van der Waals surface area contributed by atoms with E-state index in [9.17, 15) is 4.39 Å². The fourth-order valence-corrected chi connectivity index (χ4v) is 2.47. The monoisotopic (exact) mass is 276 g/mol. The first-order chi connectivity index (χ1) is 8.02. The Morgan fingerprint density at radius 3 is 2.76 bits per heavy atom. The van der Waals surface area contributed by atoms with Gasteiger partial charge in [-0.2, -0.15) is 11.8 Å². The van der Waals surface area contributed by atoms with Gasteiger partial charge in [-0.3, -0.25) is 11.3 Å². The maximum atomic E-state index is 13.5. The Hall–Kier alpha value is -0.290. The molecule has 1 rings (SSSR count). The molecular weight excluding hydrogens is 259 g/mol. The molecule has 96 valence electrons. The zero-order chi connectivity index (χ0) is 12.8. The van der Waals surface area contributed by atoms with Crippen LogP contribution >= 0.6 is 23.4 Å². The van der Waals surface area contributed by atoms with Gasteiger partial charge in [-0.15, -0.1) is 0 Å². The SMILES string of the molecule is CC(C)SCC(Cc1cc(Cl)ccc1F)NN. The van der Waals surface area contributed by atoms with Crippen molar-refractivity contribution in [3.05, 3.63) is 34.6 Å². The van der Waals surface area contributed by atoms with Crippen LogP contribution < -0.4 is 11.3 Å². The molecule has 1 unspecified atom stereocenters. The minimum Gasteiger partial charge on any atom is -0.271 e. The minimum absolute atomic E-state index is 0.0513. The lowest BCUT2D eigenvalue weighted by molar-refractivity contribution is 0.546. The lowest BCUT2D eigenvalue weighted by atomic mass is 10.1. The average Bonchev–Trinajstić information content (AvgIpc) is 2.28. The first-order valence-corrected chi connectivity index (χ1v) is 6.97. The fourth-order valence-electron chi connectivity index (χ4n) is 1.44. The van der Waals surface area contributed by atoms with Crippen LogP contribution in [0.3, 0.4) is 0 Å². The number of rotatable bonds is 6. The van der Waals surface area contributed by atoms with E-state index in [1.54, 1.807) is 23.9 Å². The highest BCUT2D eigenvalue weighted by atomic mass is 35.5. The highest BCUT2D eigenvalue weighted by Crippen LogP contribution is 2.18. The predicted octanol–water partition coefficient (Wildman–Crippen LogP) is 3.00. The van der Waals surface area contributed by atoms with Crippen molar-refractivity contribution in [1.82, 2.24) is 5.43 Å². The average molecular weight is 277 g/mol. The molecule has 0 amide bonds. The summed E-state index contributed by atoms with van der Waals surface area (Å²) in [7, 11) is 0. The molecule has 0 fully saturated rings. The number of hydrogen-bond donors (Lipinski definition) is 2. The van der Waals surface area contributed by atoms with E-state index >= 15 is 0 Å². The van der Waals surface area contributed by atoms with Gasteiger partial charge in [-0.05, 0) is 35.4 Å². The second kappa shape index (κ2) is 7.21. The number of halogens is 2. The van der Waals surface area contributed by atoms with Crippen molar-refractivity contribution < 1.29 is 4.39 Å². The van der Waals surface area contributed by atoms with E-state index in [0.29, 0.717) is 22.3 Å². The lowest BCUT2D eigenvalue weighted by Crippen LogP contribution is -2.39. The van der Waals surface area contributed by atoms with Crippen LogP contribution in [0.4, 0.5) is 4.39 Å². The molecule has 1 aromatic carbocycles. The van der Waals surface area contributed by atoms with Crippen molar-refractivity contribution in [2.75, 3.05) is 5.75 Å². The van der Waals surface area contributed by atoms with Crippen molar-refractivity contribution in [3.8, 4) is 0 Å². The molecule has 1 aromatic rings. The minimum atomic E-state index is -0.232.